The maximum atomic E-state index is 6.04. The number of hydrogen-bond donors (Lipinski definition) is 0. The van der Waals surface area contributed by atoms with Crippen LogP contribution in [0.4, 0.5) is 0 Å². The van der Waals surface area contributed by atoms with Gasteiger partial charge in [-0.1, -0.05) is 47.6 Å². The Bertz CT molecular complexity index is 1090. The Morgan fingerprint density at radius 2 is 2.04 bits per heavy atom. The van der Waals surface area contributed by atoms with Crippen molar-refractivity contribution in [1.29, 1.82) is 0 Å². The van der Waals surface area contributed by atoms with Gasteiger partial charge in [-0.05, 0) is 53.6 Å². The van der Waals surface area contributed by atoms with Crippen LogP contribution in [0.15, 0.2) is 58.2 Å². The predicted octanol–water partition coefficient (Wildman–Crippen LogP) is 4.88. The molecule has 2 aromatic heterocycles. The lowest BCUT2D eigenvalue weighted by Crippen LogP contribution is -2.02. The van der Waals surface area contributed by atoms with Gasteiger partial charge in [-0.2, -0.15) is 4.68 Å². The second kappa shape index (κ2) is 7.54. The summed E-state index contributed by atoms with van der Waals surface area (Å²) in [6.45, 7) is 4.08. The van der Waals surface area contributed by atoms with Crippen LogP contribution in [-0.4, -0.2) is 25.2 Å². The van der Waals surface area contributed by atoms with E-state index in [1.54, 1.807) is 10.9 Å². The molecule has 6 nitrogen and oxygen atoms in total. The molecule has 2 aromatic carbocycles. The summed E-state index contributed by atoms with van der Waals surface area (Å²) in [4.78, 5) is 4.35. The number of nitrogens with zero attached hydrogens (tertiary/aromatic N) is 5. The van der Waals surface area contributed by atoms with E-state index >= 15 is 0 Å². The van der Waals surface area contributed by atoms with E-state index in [1.807, 2.05) is 38.1 Å². The van der Waals surface area contributed by atoms with Crippen LogP contribution in [0, 0.1) is 13.8 Å². The summed E-state index contributed by atoms with van der Waals surface area (Å²) in [7, 11) is 0. The lowest BCUT2D eigenvalue weighted by atomic mass is 10.1. The van der Waals surface area contributed by atoms with Gasteiger partial charge in [0, 0.05) is 10.6 Å². The van der Waals surface area contributed by atoms with Gasteiger partial charge in [-0.25, -0.2) is 4.98 Å². The van der Waals surface area contributed by atoms with Crippen LogP contribution >= 0.6 is 23.4 Å². The van der Waals surface area contributed by atoms with E-state index in [1.165, 1.54) is 11.8 Å². The van der Waals surface area contributed by atoms with Crippen molar-refractivity contribution in [3.63, 3.8) is 0 Å². The molecule has 0 saturated carbocycles. The Balaban J connectivity index is 1.52. The van der Waals surface area contributed by atoms with Crippen molar-refractivity contribution in [3.05, 3.63) is 70.7 Å². The van der Waals surface area contributed by atoms with Gasteiger partial charge in [0.05, 0.1) is 17.6 Å². The Labute approximate surface area is 165 Å². The van der Waals surface area contributed by atoms with E-state index in [0.29, 0.717) is 27.6 Å². The fourth-order valence-corrected chi connectivity index (χ4v) is 3.57. The Morgan fingerprint density at radius 1 is 1.15 bits per heavy atom. The average Bonchev–Trinajstić information content (AvgIpc) is 3.31. The maximum absolute atomic E-state index is 6.04. The molecule has 0 saturated heterocycles. The number of benzene rings is 2. The fourth-order valence-electron chi connectivity index (χ4n) is 2.65. The first-order chi connectivity index (χ1) is 13.1. The van der Waals surface area contributed by atoms with Crippen LogP contribution in [0.25, 0.3) is 17.0 Å². The second-order valence-corrected chi connectivity index (χ2v) is 7.46. The minimum Gasteiger partial charge on any atom is -0.440 e. The molecule has 4 aromatic rings. The van der Waals surface area contributed by atoms with Gasteiger partial charge in [-0.3, -0.25) is 0 Å². The summed E-state index contributed by atoms with van der Waals surface area (Å²) in [5.74, 6) is 1.80. The van der Waals surface area contributed by atoms with Gasteiger partial charge >= 0.3 is 0 Å². The standard InChI is InChI=1S/C19H16ClN5OS/c1-12-6-7-13(2)16(8-12)25-19(22-23-24-25)27-11-18-21-10-17(26-18)14-4-3-5-15(20)9-14/h3-10H,11H2,1-2H3. The molecule has 0 amide bonds. The summed E-state index contributed by atoms with van der Waals surface area (Å²) in [5.41, 5.74) is 4.12. The van der Waals surface area contributed by atoms with Gasteiger partial charge in [-0.15, -0.1) is 5.10 Å². The maximum Gasteiger partial charge on any atom is 0.214 e. The van der Waals surface area contributed by atoms with Crippen molar-refractivity contribution in [2.75, 3.05) is 0 Å². The number of hydrogen-bond acceptors (Lipinski definition) is 6. The van der Waals surface area contributed by atoms with Crippen LogP contribution in [0.1, 0.15) is 17.0 Å². The van der Waals surface area contributed by atoms with Crippen LogP contribution in [0.2, 0.25) is 5.02 Å². The normalized spacial score (nSPS) is 11.1. The molecule has 0 radical (unpaired) electrons. The number of oxazole rings is 1. The highest BCUT2D eigenvalue weighted by atomic mass is 35.5. The van der Waals surface area contributed by atoms with Crippen LogP contribution < -0.4 is 0 Å². The highest BCUT2D eigenvalue weighted by Gasteiger charge is 2.14. The van der Waals surface area contributed by atoms with E-state index in [9.17, 15) is 0 Å². The van der Waals surface area contributed by atoms with E-state index in [-0.39, 0.29) is 0 Å². The topological polar surface area (TPSA) is 69.6 Å². The Morgan fingerprint density at radius 3 is 2.89 bits per heavy atom. The smallest absolute Gasteiger partial charge is 0.214 e. The molecule has 0 aliphatic rings. The molecule has 0 aliphatic carbocycles. The first-order valence-corrected chi connectivity index (χ1v) is 9.66. The first kappa shape index (κ1) is 17.8. The monoisotopic (exact) mass is 397 g/mol. The molecule has 4 rings (SSSR count). The zero-order valence-electron chi connectivity index (χ0n) is 14.8. The van der Waals surface area contributed by atoms with Gasteiger partial charge < -0.3 is 4.42 Å². The quantitative estimate of drug-likeness (QED) is 0.447. The SMILES string of the molecule is Cc1ccc(C)c(-n2nnnc2SCc2ncc(-c3cccc(Cl)c3)o2)c1. The molecule has 0 aliphatic heterocycles. The lowest BCUT2D eigenvalue weighted by molar-refractivity contribution is 0.529. The summed E-state index contributed by atoms with van der Waals surface area (Å²) in [5, 5.41) is 13.4. The predicted molar refractivity (Wildman–Crippen MR) is 105 cm³/mol. The van der Waals surface area contributed by atoms with Gasteiger partial charge in [0.25, 0.3) is 0 Å². The number of thioether (sulfide) groups is 1. The zero-order valence-corrected chi connectivity index (χ0v) is 16.3. The minimum atomic E-state index is 0.520. The van der Waals surface area contributed by atoms with Crippen LogP contribution in [0.3, 0.4) is 0 Å². The number of tetrazole rings is 1. The molecule has 0 fully saturated rings. The molecular formula is C19H16ClN5OS. The minimum absolute atomic E-state index is 0.520. The zero-order chi connectivity index (χ0) is 18.8. The van der Waals surface area contributed by atoms with Crippen LogP contribution in [0.5, 0.6) is 0 Å². The number of aromatic nitrogens is 5. The van der Waals surface area contributed by atoms with Crippen molar-refractivity contribution in [2.45, 2.75) is 24.8 Å². The summed E-state index contributed by atoms with van der Waals surface area (Å²) in [6.07, 6.45) is 1.70. The number of aryl methyl sites for hydroxylation is 2. The summed E-state index contributed by atoms with van der Waals surface area (Å²) >= 11 is 7.51. The Hall–Kier alpha value is -2.64. The molecule has 27 heavy (non-hydrogen) atoms. The first-order valence-electron chi connectivity index (χ1n) is 8.29. The fraction of sp³-hybridized carbons (Fsp3) is 0.158. The molecule has 0 unspecified atom stereocenters. The summed E-state index contributed by atoms with van der Waals surface area (Å²) < 4.78 is 7.59. The second-order valence-electron chi connectivity index (χ2n) is 6.08. The molecule has 0 spiro atoms. The largest absolute Gasteiger partial charge is 0.440 e. The van der Waals surface area contributed by atoms with E-state index < -0.39 is 0 Å². The van der Waals surface area contributed by atoms with Crippen molar-refractivity contribution in [1.82, 2.24) is 25.2 Å². The highest BCUT2D eigenvalue weighted by Crippen LogP contribution is 2.27. The van der Waals surface area contributed by atoms with Crippen molar-refractivity contribution in [2.24, 2.45) is 0 Å². The van der Waals surface area contributed by atoms with Crippen molar-refractivity contribution < 1.29 is 4.42 Å². The molecular weight excluding hydrogens is 382 g/mol. The van der Waals surface area contributed by atoms with E-state index in [0.717, 1.165) is 22.4 Å². The molecule has 2 heterocycles. The third-order valence-corrected chi connectivity index (χ3v) is 5.16. The van der Waals surface area contributed by atoms with Gasteiger partial charge in [0.1, 0.15) is 0 Å². The summed E-state index contributed by atoms with van der Waals surface area (Å²) in [6, 6.07) is 13.7. The molecule has 0 N–H and O–H groups in total. The molecule has 136 valence electrons. The van der Waals surface area contributed by atoms with Crippen molar-refractivity contribution in [3.8, 4) is 17.0 Å². The van der Waals surface area contributed by atoms with Crippen molar-refractivity contribution >= 4 is 23.4 Å². The lowest BCUT2D eigenvalue weighted by Gasteiger charge is -2.08. The molecule has 0 bridgehead atoms. The molecule has 0 atom stereocenters. The van der Waals surface area contributed by atoms with Gasteiger partial charge in [0.2, 0.25) is 11.0 Å². The molecule has 8 heteroatoms. The van der Waals surface area contributed by atoms with E-state index in [4.69, 9.17) is 16.0 Å². The number of rotatable bonds is 5. The highest BCUT2D eigenvalue weighted by molar-refractivity contribution is 7.98. The average molecular weight is 398 g/mol. The third kappa shape index (κ3) is 3.89. The van der Waals surface area contributed by atoms with Crippen LogP contribution in [-0.2, 0) is 5.75 Å². The van der Waals surface area contributed by atoms with E-state index in [2.05, 4.69) is 38.7 Å². The van der Waals surface area contributed by atoms with Gasteiger partial charge in [0.15, 0.2) is 5.76 Å². The number of halogens is 1. The third-order valence-electron chi connectivity index (χ3n) is 4.02. The Kier molecular flexibility index (Phi) is 4.96.